The van der Waals surface area contributed by atoms with E-state index in [4.69, 9.17) is 4.74 Å². The highest BCUT2D eigenvalue weighted by molar-refractivity contribution is 5.74. The third kappa shape index (κ3) is 2.21. The van der Waals surface area contributed by atoms with Crippen LogP contribution in [0.25, 0.3) is 0 Å². The molecule has 0 radical (unpaired) electrons. The predicted octanol–water partition coefficient (Wildman–Crippen LogP) is 2.13. The van der Waals surface area contributed by atoms with Crippen molar-refractivity contribution in [2.45, 2.75) is 37.9 Å². The second-order valence-corrected chi connectivity index (χ2v) is 5.53. The SMILES string of the molecule is COc1ccc(CN2C3CCC(C3)C2C(=O)O)cc1. The molecule has 102 valence electrons. The summed E-state index contributed by atoms with van der Waals surface area (Å²) in [6.45, 7) is 0.724. The van der Waals surface area contributed by atoms with Crippen LogP contribution in [0.15, 0.2) is 24.3 Å². The fraction of sp³-hybridized carbons (Fsp3) is 0.533. The first kappa shape index (κ1) is 12.5. The molecule has 1 aliphatic heterocycles. The highest BCUT2D eigenvalue weighted by Crippen LogP contribution is 2.43. The Morgan fingerprint density at radius 1 is 1.37 bits per heavy atom. The molecule has 1 aromatic carbocycles. The molecule has 2 fully saturated rings. The van der Waals surface area contributed by atoms with Crippen LogP contribution in [0.5, 0.6) is 5.75 Å². The van der Waals surface area contributed by atoms with Crippen molar-refractivity contribution in [3.05, 3.63) is 29.8 Å². The molecule has 1 N–H and O–H groups in total. The number of hydrogen-bond donors (Lipinski definition) is 1. The largest absolute Gasteiger partial charge is 0.497 e. The number of carboxylic acids is 1. The molecule has 2 aliphatic rings. The van der Waals surface area contributed by atoms with Crippen molar-refractivity contribution in [3.8, 4) is 5.75 Å². The molecule has 0 spiro atoms. The van der Waals surface area contributed by atoms with Gasteiger partial charge in [0.2, 0.25) is 0 Å². The number of carboxylic acid groups (broad SMARTS) is 1. The zero-order valence-corrected chi connectivity index (χ0v) is 11.1. The summed E-state index contributed by atoms with van der Waals surface area (Å²) in [6.07, 6.45) is 3.26. The Labute approximate surface area is 113 Å². The van der Waals surface area contributed by atoms with Gasteiger partial charge in [-0.25, -0.2) is 0 Å². The Bertz CT molecular complexity index is 471. The van der Waals surface area contributed by atoms with Gasteiger partial charge in [-0.2, -0.15) is 0 Å². The third-order valence-corrected chi connectivity index (χ3v) is 4.50. The van der Waals surface area contributed by atoms with Crippen molar-refractivity contribution in [2.24, 2.45) is 5.92 Å². The highest BCUT2D eigenvalue weighted by atomic mass is 16.5. The van der Waals surface area contributed by atoms with Crippen LogP contribution in [0.3, 0.4) is 0 Å². The average Bonchev–Trinajstić information content (AvgIpc) is 3.00. The van der Waals surface area contributed by atoms with Gasteiger partial charge in [0.15, 0.2) is 0 Å². The molecule has 3 unspecified atom stereocenters. The van der Waals surface area contributed by atoms with Gasteiger partial charge in [-0.15, -0.1) is 0 Å². The number of nitrogens with zero attached hydrogens (tertiary/aromatic N) is 1. The smallest absolute Gasteiger partial charge is 0.321 e. The van der Waals surface area contributed by atoms with E-state index in [9.17, 15) is 9.90 Å². The van der Waals surface area contributed by atoms with Crippen LogP contribution in [-0.2, 0) is 11.3 Å². The number of aliphatic carboxylic acids is 1. The number of methoxy groups -OCH3 is 1. The number of likely N-dealkylation sites (tertiary alicyclic amines) is 1. The molecular formula is C15H19NO3. The van der Waals surface area contributed by atoms with Crippen LogP contribution in [0.4, 0.5) is 0 Å². The predicted molar refractivity (Wildman–Crippen MR) is 71.1 cm³/mol. The summed E-state index contributed by atoms with van der Waals surface area (Å²) in [7, 11) is 1.65. The standard InChI is InChI=1S/C15H19NO3/c1-19-13-6-2-10(3-7-13)9-16-12-5-4-11(8-12)14(16)15(17)18/h2-3,6-7,11-12,14H,4-5,8-9H2,1H3,(H,17,18). The number of benzene rings is 1. The van der Waals surface area contributed by atoms with E-state index in [1.54, 1.807) is 7.11 Å². The van der Waals surface area contributed by atoms with Crippen LogP contribution >= 0.6 is 0 Å². The third-order valence-electron chi connectivity index (χ3n) is 4.50. The second-order valence-electron chi connectivity index (χ2n) is 5.53. The van der Waals surface area contributed by atoms with Crippen molar-refractivity contribution in [1.82, 2.24) is 4.90 Å². The first-order chi connectivity index (χ1) is 9.19. The monoisotopic (exact) mass is 261 g/mol. The fourth-order valence-corrected chi connectivity index (χ4v) is 3.59. The number of ether oxygens (including phenoxy) is 1. The topological polar surface area (TPSA) is 49.8 Å². The minimum absolute atomic E-state index is 0.291. The van der Waals surface area contributed by atoms with E-state index in [1.807, 2.05) is 24.3 Å². The first-order valence-corrected chi connectivity index (χ1v) is 6.80. The minimum Gasteiger partial charge on any atom is -0.497 e. The normalized spacial score (nSPS) is 29.6. The molecule has 1 aliphatic carbocycles. The van der Waals surface area contributed by atoms with Gasteiger partial charge in [0.1, 0.15) is 11.8 Å². The molecular weight excluding hydrogens is 242 g/mol. The Morgan fingerprint density at radius 2 is 2.11 bits per heavy atom. The van der Waals surface area contributed by atoms with Crippen LogP contribution < -0.4 is 4.74 Å². The van der Waals surface area contributed by atoms with Crippen molar-refractivity contribution in [1.29, 1.82) is 0 Å². The van der Waals surface area contributed by atoms with E-state index in [1.165, 1.54) is 0 Å². The second kappa shape index (κ2) is 4.85. The van der Waals surface area contributed by atoms with Gasteiger partial charge >= 0.3 is 5.97 Å². The average molecular weight is 261 g/mol. The summed E-state index contributed by atoms with van der Waals surface area (Å²) in [6, 6.07) is 8.06. The van der Waals surface area contributed by atoms with Gasteiger partial charge in [0.05, 0.1) is 7.11 Å². The van der Waals surface area contributed by atoms with Crippen molar-refractivity contribution in [2.75, 3.05) is 7.11 Å². The van der Waals surface area contributed by atoms with Gasteiger partial charge in [0, 0.05) is 12.6 Å². The van der Waals surface area contributed by atoms with Crippen molar-refractivity contribution < 1.29 is 14.6 Å². The molecule has 0 aromatic heterocycles. The van der Waals surface area contributed by atoms with E-state index < -0.39 is 5.97 Å². The summed E-state index contributed by atoms with van der Waals surface area (Å²) < 4.78 is 5.14. The summed E-state index contributed by atoms with van der Waals surface area (Å²) in [4.78, 5) is 13.6. The molecule has 4 nitrogen and oxygen atoms in total. The van der Waals surface area contributed by atoms with E-state index in [2.05, 4.69) is 4.90 Å². The number of piperidine rings is 1. The van der Waals surface area contributed by atoms with E-state index >= 15 is 0 Å². The molecule has 1 heterocycles. The van der Waals surface area contributed by atoms with Crippen molar-refractivity contribution >= 4 is 5.97 Å². The maximum Gasteiger partial charge on any atom is 0.321 e. The molecule has 1 saturated carbocycles. The fourth-order valence-electron chi connectivity index (χ4n) is 3.59. The molecule has 4 heteroatoms. The lowest BCUT2D eigenvalue weighted by molar-refractivity contribution is -0.145. The summed E-state index contributed by atoms with van der Waals surface area (Å²) >= 11 is 0. The minimum atomic E-state index is -0.666. The quantitative estimate of drug-likeness (QED) is 0.902. The Hall–Kier alpha value is -1.55. The van der Waals surface area contributed by atoms with Gasteiger partial charge in [-0.1, -0.05) is 12.1 Å². The number of hydrogen-bond acceptors (Lipinski definition) is 3. The summed E-state index contributed by atoms with van der Waals surface area (Å²) in [5.41, 5.74) is 1.15. The van der Waals surface area contributed by atoms with Gasteiger partial charge in [-0.05, 0) is 42.9 Å². The number of rotatable bonds is 4. The van der Waals surface area contributed by atoms with Crippen molar-refractivity contribution in [3.63, 3.8) is 0 Å². The molecule has 1 saturated heterocycles. The number of carbonyl (C=O) groups is 1. The lowest BCUT2D eigenvalue weighted by Gasteiger charge is -2.32. The summed E-state index contributed by atoms with van der Waals surface area (Å²) in [5, 5.41) is 9.40. The van der Waals surface area contributed by atoms with Crippen LogP contribution in [0.2, 0.25) is 0 Å². The Kier molecular flexibility index (Phi) is 3.19. The van der Waals surface area contributed by atoms with Crippen LogP contribution in [0, 0.1) is 5.92 Å². The van der Waals surface area contributed by atoms with E-state index in [-0.39, 0.29) is 6.04 Å². The highest BCUT2D eigenvalue weighted by Gasteiger charge is 2.49. The van der Waals surface area contributed by atoms with Gasteiger partial charge in [-0.3, -0.25) is 9.69 Å². The van der Waals surface area contributed by atoms with E-state index in [0.717, 1.165) is 37.1 Å². The van der Waals surface area contributed by atoms with Gasteiger partial charge < -0.3 is 9.84 Å². The number of fused-ring (bicyclic) bond motifs is 2. The zero-order chi connectivity index (χ0) is 13.4. The molecule has 3 atom stereocenters. The summed E-state index contributed by atoms with van der Waals surface area (Å²) in [5.74, 6) is 0.517. The lowest BCUT2D eigenvalue weighted by Crippen LogP contribution is -2.45. The maximum atomic E-state index is 11.4. The molecule has 1 aromatic rings. The van der Waals surface area contributed by atoms with Gasteiger partial charge in [0.25, 0.3) is 0 Å². The van der Waals surface area contributed by atoms with E-state index in [0.29, 0.717) is 12.0 Å². The lowest BCUT2D eigenvalue weighted by atomic mass is 9.98. The first-order valence-electron chi connectivity index (χ1n) is 6.80. The van der Waals surface area contributed by atoms with Crippen LogP contribution in [0.1, 0.15) is 24.8 Å². The zero-order valence-electron chi connectivity index (χ0n) is 11.1. The Morgan fingerprint density at radius 3 is 2.74 bits per heavy atom. The Balaban J connectivity index is 1.75. The molecule has 19 heavy (non-hydrogen) atoms. The van der Waals surface area contributed by atoms with Crippen LogP contribution in [-0.4, -0.2) is 35.2 Å². The molecule has 0 amide bonds. The molecule has 2 bridgehead atoms. The molecule has 3 rings (SSSR count). The maximum absolute atomic E-state index is 11.4.